The fraction of sp³-hybridized carbons (Fsp3) is 0.517. The summed E-state index contributed by atoms with van der Waals surface area (Å²) in [4.78, 5) is 56.3. The van der Waals surface area contributed by atoms with Gasteiger partial charge in [0.2, 0.25) is 23.6 Å². The van der Waals surface area contributed by atoms with E-state index in [4.69, 9.17) is 4.74 Å². The van der Waals surface area contributed by atoms with Crippen LogP contribution in [-0.4, -0.2) is 58.7 Å². The van der Waals surface area contributed by atoms with Crippen LogP contribution in [-0.2, 0) is 19.2 Å². The Morgan fingerprint density at radius 3 is 2.22 bits per heavy atom. The van der Waals surface area contributed by atoms with Crippen molar-refractivity contribution in [1.82, 2.24) is 9.80 Å². The van der Waals surface area contributed by atoms with E-state index in [1.165, 1.54) is 16.9 Å². The summed E-state index contributed by atoms with van der Waals surface area (Å²) in [5.74, 6) is -2.70. The van der Waals surface area contributed by atoms with Crippen molar-refractivity contribution in [2.45, 2.75) is 39.5 Å². The van der Waals surface area contributed by atoms with E-state index in [1.807, 2.05) is 26.0 Å². The standard InChI is InChI=1S/C29H34N2O6/c1-4-12-30-26(33)19-10-9-17-18(8-6-16-7-11-22(32)23(14-16)37-3)24-21(15-20(17)25(19)29(30)36)27(34)31(13-5-2)28(24)35/h6-9,11,14,18-21,24-25,32H,4-5,10,12-13,15H2,1-3H3. The first-order valence-electron chi connectivity index (χ1n) is 13.3. The highest BCUT2D eigenvalue weighted by Crippen LogP contribution is 2.55. The average molecular weight is 507 g/mol. The zero-order valence-corrected chi connectivity index (χ0v) is 21.6. The van der Waals surface area contributed by atoms with Crippen molar-refractivity contribution in [2.24, 2.45) is 35.5 Å². The zero-order valence-electron chi connectivity index (χ0n) is 21.6. The lowest BCUT2D eigenvalue weighted by Gasteiger charge is -2.42. The lowest BCUT2D eigenvalue weighted by Crippen LogP contribution is -2.43. The van der Waals surface area contributed by atoms with Crippen LogP contribution < -0.4 is 4.74 Å². The lowest BCUT2D eigenvalue weighted by molar-refractivity contribution is -0.142. The van der Waals surface area contributed by atoms with Crippen LogP contribution in [0.25, 0.3) is 6.08 Å². The van der Waals surface area contributed by atoms with Crippen LogP contribution in [0.2, 0.25) is 0 Å². The second-order valence-corrected chi connectivity index (χ2v) is 10.5. The lowest BCUT2D eigenvalue weighted by atomic mass is 9.58. The fourth-order valence-corrected chi connectivity index (χ4v) is 6.88. The van der Waals surface area contributed by atoms with Crippen molar-refractivity contribution in [2.75, 3.05) is 20.2 Å². The Bertz CT molecular complexity index is 1200. The number of amides is 4. The minimum atomic E-state index is -0.521. The fourth-order valence-electron chi connectivity index (χ4n) is 6.88. The third-order valence-electron chi connectivity index (χ3n) is 8.48. The van der Waals surface area contributed by atoms with Gasteiger partial charge in [-0.05, 0) is 49.3 Å². The number of ether oxygens (including phenoxy) is 1. The molecule has 6 unspecified atom stereocenters. The number of carbonyl (C=O) groups is 4. The van der Waals surface area contributed by atoms with Gasteiger partial charge in [-0.3, -0.25) is 29.0 Å². The number of hydrogen-bond acceptors (Lipinski definition) is 6. The van der Waals surface area contributed by atoms with Gasteiger partial charge >= 0.3 is 0 Å². The molecule has 0 spiro atoms. The molecule has 1 N–H and O–H groups in total. The molecule has 8 heteroatoms. The van der Waals surface area contributed by atoms with E-state index in [0.29, 0.717) is 44.5 Å². The molecule has 4 aliphatic rings. The molecule has 1 aromatic rings. The largest absolute Gasteiger partial charge is 0.504 e. The number of benzene rings is 1. The molecule has 0 bridgehead atoms. The molecule has 1 saturated carbocycles. The number of fused-ring (bicyclic) bond motifs is 4. The molecule has 1 aromatic carbocycles. The van der Waals surface area contributed by atoms with Gasteiger partial charge in [-0.1, -0.05) is 43.7 Å². The second kappa shape index (κ2) is 9.80. The smallest absolute Gasteiger partial charge is 0.234 e. The maximum Gasteiger partial charge on any atom is 0.234 e. The molecule has 2 aliphatic heterocycles. The van der Waals surface area contributed by atoms with Gasteiger partial charge in [0.15, 0.2) is 11.5 Å². The summed E-state index contributed by atoms with van der Waals surface area (Å²) in [5.41, 5.74) is 1.77. The normalized spacial score (nSPS) is 31.1. The molecular formula is C29H34N2O6. The summed E-state index contributed by atoms with van der Waals surface area (Å²) in [5, 5.41) is 9.96. The molecule has 2 heterocycles. The van der Waals surface area contributed by atoms with E-state index >= 15 is 0 Å². The molecule has 0 aromatic heterocycles. The van der Waals surface area contributed by atoms with Gasteiger partial charge in [0.05, 0.1) is 30.8 Å². The Morgan fingerprint density at radius 2 is 1.57 bits per heavy atom. The van der Waals surface area contributed by atoms with E-state index in [9.17, 15) is 24.3 Å². The molecule has 0 radical (unpaired) electrons. The predicted octanol–water partition coefficient (Wildman–Crippen LogP) is 3.40. The highest BCUT2D eigenvalue weighted by Gasteiger charge is 2.60. The van der Waals surface area contributed by atoms with Crippen molar-refractivity contribution < 1.29 is 29.0 Å². The summed E-state index contributed by atoms with van der Waals surface area (Å²) in [6.45, 7) is 4.68. The Morgan fingerprint density at radius 1 is 0.919 bits per heavy atom. The van der Waals surface area contributed by atoms with Crippen LogP contribution in [0.5, 0.6) is 11.5 Å². The summed E-state index contributed by atoms with van der Waals surface area (Å²) >= 11 is 0. The zero-order chi connectivity index (χ0) is 26.4. The van der Waals surface area contributed by atoms with Crippen LogP contribution in [0.4, 0.5) is 0 Å². The van der Waals surface area contributed by atoms with Crippen molar-refractivity contribution >= 4 is 29.7 Å². The summed E-state index contributed by atoms with van der Waals surface area (Å²) in [6, 6.07) is 5.01. The second-order valence-electron chi connectivity index (χ2n) is 10.5. The topological polar surface area (TPSA) is 104 Å². The van der Waals surface area contributed by atoms with Crippen molar-refractivity contribution in [3.63, 3.8) is 0 Å². The number of aromatic hydroxyl groups is 1. The molecule has 196 valence electrons. The van der Waals surface area contributed by atoms with E-state index in [1.54, 1.807) is 18.2 Å². The van der Waals surface area contributed by atoms with Gasteiger partial charge in [0.1, 0.15) is 0 Å². The molecule has 37 heavy (non-hydrogen) atoms. The SMILES string of the molecule is CCCN1C(=O)C2CC3C(=CCC4C(=O)N(CCC)C(=O)C43)C(C=Cc3ccc(O)c(OC)c3)C2C1=O. The first-order chi connectivity index (χ1) is 17.8. The van der Waals surface area contributed by atoms with Crippen LogP contribution in [0.15, 0.2) is 35.9 Å². The number of imide groups is 2. The minimum absolute atomic E-state index is 0.0336. The molecule has 6 atom stereocenters. The third kappa shape index (κ3) is 3.97. The van der Waals surface area contributed by atoms with E-state index in [2.05, 4.69) is 6.08 Å². The average Bonchev–Trinajstić information content (AvgIpc) is 3.28. The summed E-state index contributed by atoms with van der Waals surface area (Å²) in [6.07, 6.45) is 8.15. The van der Waals surface area contributed by atoms with E-state index < -0.39 is 23.7 Å². The Kier molecular flexibility index (Phi) is 6.68. The number of likely N-dealkylation sites (tertiary alicyclic amines) is 2. The first kappa shape index (κ1) is 25.2. The Hall–Kier alpha value is -3.42. The van der Waals surface area contributed by atoms with Crippen LogP contribution in [0.3, 0.4) is 0 Å². The van der Waals surface area contributed by atoms with E-state index in [0.717, 1.165) is 11.1 Å². The molecule has 4 amide bonds. The van der Waals surface area contributed by atoms with Crippen molar-refractivity contribution in [3.8, 4) is 11.5 Å². The number of phenols is 1. The number of hydrogen-bond donors (Lipinski definition) is 1. The highest BCUT2D eigenvalue weighted by molar-refractivity contribution is 6.07. The van der Waals surface area contributed by atoms with Gasteiger partial charge in [0.25, 0.3) is 0 Å². The van der Waals surface area contributed by atoms with Crippen LogP contribution in [0.1, 0.15) is 45.1 Å². The number of rotatable bonds is 7. The first-order valence-corrected chi connectivity index (χ1v) is 13.3. The van der Waals surface area contributed by atoms with Crippen molar-refractivity contribution in [3.05, 3.63) is 41.5 Å². The predicted molar refractivity (Wildman–Crippen MR) is 136 cm³/mol. The quantitative estimate of drug-likeness (QED) is 0.449. The monoisotopic (exact) mass is 506 g/mol. The third-order valence-corrected chi connectivity index (χ3v) is 8.48. The van der Waals surface area contributed by atoms with Gasteiger partial charge in [-0.15, -0.1) is 0 Å². The molecular weight excluding hydrogens is 472 g/mol. The van der Waals surface area contributed by atoms with Crippen molar-refractivity contribution in [1.29, 1.82) is 0 Å². The van der Waals surface area contributed by atoms with Gasteiger partial charge in [0, 0.05) is 19.0 Å². The van der Waals surface area contributed by atoms with Gasteiger partial charge in [-0.25, -0.2) is 0 Å². The highest BCUT2D eigenvalue weighted by atomic mass is 16.5. The molecule has 2 aliphatic carbocycles. The molecule has 3 fully saturated rings. The number of phenolic OH excluding ortho intramolecular Hbond substituents is 1. The Labute approximate surface area is 216 Å². The molecule has 2 saturated heterocycles. The minimum Gasteiger partial charge on any atom is -0.504 e. The van der Waals surface area contributed by atoms with Gasteiger partial charge < -0.3 is 9.84 Å². The van der Waals surface area contributed by atoms with Crippen LogP contribution >= 0.6 is 0 Å². The summed E-state index contributed by atoms with van der Waals surface area (Å²) in [7, 11) is 1.48. The maximum absolute atomic E-state index is 13.5. The Balaban J connectivity index is 1.55. The number of nitrogens with zero attached hydrogens (tertiary/aromatic N) is 2. The van der Waals surface area contributed by atoms with Gasteiger partial charge in [-0.2, -0.15) is 0 Å². The molecule has 8 nitrogen and oxygen atoms in total. The summed E-state index contributed by atoms with van der Waals surface area (Å²) < 4.78 is 5.23. The number of carbonyl (C=O) groups excluding carboxylic acids is 4. The van der Waals surface area contributed by atoms with Crippen LogP contribution in [0, 0.1) is 35.5 Å². The number of allylic oxidation sites excluding steroid dienone is 3. The number of methoxy groups -OCH3 is 1. The maximum atomic E-state index is 13.5. The van der Waals surface area contributed by atoms with E-state index in [-0.39, 0.29) is 41.2 Å². The molecule has 5 rings (SSSR count).